The Morgan fingerprint density at radius 1 is 0.971 bits per heavy atom. The Hall–Kier alpha value is -4.27. The van der Waals surface area contributed by atoms with Gasteiger partial charge in [0.1, 0.15) is 17.3 Å². The molecular formula is C25H20BF2N5O. The van der Waals surface area contributed by atoms with Crippen molar-refractivity contribution in [2.45, 2.75) is 6.92 Å². The van der Waals surface area contributed by atoms with E-state index < -0.39 is 7.40 Å². The van der Waals surface area contributed by atoms with Crippen LogP contribution in [0, 0.1) is 6.92 Å². The minimum atomic E-state index is -2.80. The standard InChI is InChI=1S/C25H20BF2N5O/c1-17-5-7-19(8-6-17)25(21-4-3-15-29-21)23-13-14-24(33(23)26(27)28)32-16-22(30-31-32)18-9-11-20(34-2)12-10-18/h3-16H,1-2H3/b25-21+. The van der Waals surface area contributed by atoms with E-state index in [2.05, 4.69) is 15.3 Å². The molecule has 0 atom stereocenters. The van der Waals surface area contributed by atoms with Crippen molar-refractivity contribution in [3.8, 4) is 22.8 Å². The van der Waals surface area contributed by atoms with Crippen molar-refractivity contribution in [2.24, 2.45) is 4.99 Å². The van der Waals surface area contributed by atoms with Crippen molar-refractivity contribution in [3.05, 3.63) is 102 Å². The van der Waals surface area contributed by atoms with Gasteiger partial charge in [0.05, 0.1) is 19.0 Å². The van der Waals surface area contributed by atoms with E-state index in [0.29, 0.717) is 28.4 Å². The van der Waals surface area contributed by atoms with E-state index >= 15 is 0 Å². The van der Waals surface area contributed by atoms with Gasteiger partial charge in [-0.05, 0) is 61.0 Å². The van der Waals surface area contributed by atoms with Crippen LogP contribution in [0.3, 0.4) is 0 Å². The molecule has 0 unspecified atom stereocenters. The molecule has 6 nitrogen and oxygen atoms in total. The van der Waals surface area contributed by atoms with Crippen LogP contribution in [0.5, 0.6) is 5.75 Å². The monoisotopic (exact) mass is 455 g/mol. The molecule has 0 N–H and O–H groups in total. The Balaban J connectivity index is 1.61. The number of rotatable bonds is 6. The van der Waals surface area contributed by atoms with E-state index in [9.17, 15) is 8.63 Å². The van der Waals surface area contributed by atoms with Crippen molar-refractivity contribution in [3.63, 3.8) is 0 Å². The van der Waals surface area contributed by atoms with Crippen molar-refractivity contribution in [1.29, 1.82) is 0 Å². The highest BCUT2D eigenvalue weighted by atomic mass is 19.2. The Morgan fingerprint density at radius 2 is 1.74 bits per heavy atom. The highest BCUT2D eigenvalue weighted by molar-refractivity contribution is 6.42. The summed E-state index contributed by atoms with van der Waals surface area (Å²) >= 11 is 0. The molecule has 5 rings (SSSR count). The van der Waals surface area contributed by atoms with Crippen LogP contribution >= 0.6 is 0 Å². The van der Waals surface area contributed by atoms with E-state index in [4.69, 9.17) is 4.74 Å². The number of aromatic nitrogens is 4. The maximum absolute atomic E-state index is 14.5. The smallest absolute Gasteiger partial charge is 0.497 e. The molecule has 0 fully saturated rings. The fraction of sp³-hybridized carbons (Fsp3) is 0.0800. The molecule has 2 aromatic carbocycles. The molecule has 0 bridgehead atoms. The number of hydrogen-bond donors (Lipinski definition) is 0. The average Bonchev–Trinajstić information content (AvgIpc) is 3.62. The fourth-order valence-electron chi connectivity index (χ4n) is 3.90. The maximum Gasteiger partial charge on any atom is 0.679 e. The molecule has 9 heteroatoms. The number of aliphatic imine (C=N–C) groups is 1. The lowest BCUT2D eigenvalue weighted by Gasteiger charge is -2.15. The molecule has 1 aliphatic rings. The molecule has 0 radical (unpaired) electrons. The summed E-state index contributed by atoms with van der Waals surface area (Å²) < 4.78 is 36.4. The van der Waals surface area contributed by atoms with Gasteiger partial charge in [-0.3, -0.25) is 13.6 Å². The number of methoxy groups -OCH3 is 1. The molecule has 0 saturated carbocycles. The summed E-state index contributed by atoms with van der Waals surface area (Å²) in [7, 11) is -1.21. The first-order valence-corrected chi connectivity index (χ1v) is 10.6. The van der Waals surface area contributed by atoms with Crippen LogP contribution in [-0.2, 0) is 0 Å². The van der Waals surface area contributed by atoms with Gasteiger partial charge in [-0.1, -0.05) is 35.0 Å². The summed E-state index contributed by atoms with van der Waals surface area (Å²) in [6.45, 7) is 1.98. The molecule has 1 aliphatic heterocycles. The van der Waals surface area contributed by atoms with Crippen LogP contribution in [0.25, 0.3) is 22.6 Å². The van der Waals surface area contributed by atoms with Gasteiger partial charge in [0.15, 0.2) is 0 Å². The number of benzene rings is 2. The van der Waals surface area contributed by atoms with E-state index in [1.54, 1.807) is 37.7 Å². The molecule has 0 spiro atoms. The Kier molecular flexibility index (Phi) is 5.67. The van der Waals surface area contributed by atoms with Crippen LogP contribution in [0.4, 0.5) is 8.63 Å². The van der Waals surface area contributed by atoms with Crippen LogP contribution in [-0.4, -0.2) is 40.2 Å². The highest BCUT2D eigenvalue weighted by Gasteiger charge is 2.28. The van der Waals surface area contributed by atoms with Gasteiger partial charge in [0, 0.05) is 23.0 Å². The van der Waals surface area contributed by atoms with Gasteiger partial charge in [-0.15, -0.1) is 5.10 Å². The first-order valence-electron chi connectivity index (χ1n) is 10.6. The molecule has 3 heterocycles. The fourth-order valence-corrected chi connectivity index (χ4v) is 3.90. The van der Waals surface area contributed by atoms with E-state index in [0.717, 1.165) is 21.2 Å². The lowest BCUT2D eigenvalue weighted by molar-refractivity contribution is 0.415. The van der Waals surface area contributed by atoms with Gasteiger partial charge in [0.25, 0.3) is 0 Å². The minimum absolute atomic E-state index is 0.202. The topological polar surface area (TPSA) is 57.2 Å². The zero-order chi connectivity index (χ0) is 23.7. The second-order valence-electron chi connectivity index (χ2n) is 7.76. The van der Waals surface area contributed by atoms with Gasteiger partial charge in [-0.25, -0.2) is 4.68 Å². The van der Waals surface area contributed by atoms with E-state index in [1.807, 2.05) is 61.5 Å². The average molecular weight is 455 g/mol. The minimum Gasteiger partial charge on any atom is -0.497 e. The predicted molar refractivity (Wildman–Crippen MR) is 130 cm³/mol. The third-order valence-corrected chi connectivity index (χ3v) is 5.61. The summed E-state index contributed by atoms with van der Waals surface area (Å²) in [5.74, 6) is 0.918. The Morgan fingerprint density at radius 3 is 2.38 bits per heavy atom. The highest BCUT2D eigenvalue weighted by Crippen LogP contribution is 2.33. The zero-order valence-corrected chi connectivity index (χ0v) is 18.6. The molecule has 0 amide bonds. The van der Waals surface area contributed by atoms with E-state index in [-0.39, 0.29) is 5.82 Å². The summed E-state index contributed by atoms with van der Waals surface area (Å²) in [5.41, 5.74) is 4.82. The number of ether oxygens (including phenoxy) is 1. The molecule has 34 heavy (non-hydrogen) atoms. The predicted octanol–water partition coefficient (Wildman–Crippen LogP) is 5.22. The SMILES string of the molecule is COc1ccc(-c2cn(-c3ccc(/C(=C4\C=CC=N4)c4ccc(C)cc4)n3B(F)F)nn2)cc1. The largest absolute Gasteiger partial charge is 0.679 e. The van der Waals surface area contributed by atoms with Gasteiger partial charge < -0.3 is 9.21 Å². The van der Waals surface area contributed by atoms with Crippen LogP contribution in [0.2, 0.25) is 0 Å². The lowest BCUT2D eigenvalue weighted by Crippen LogP contribution is -2.20. The zero-order valence-electron chi connectivity index (χ0n) is 18.6. The summed E-state index contributed by atoms with van der Waals surface area (Å²) in [4.78, 5) is 4.39. The van der Waals surface area contributed by atoms with Gasteiger partial charge in [0.2, 0.25) is 0 Å². The van der Waals surface area contributed by atoms with Crippen LogP contribution < -0.4 is 4.74 Å². The third-order valence-electron chi connectivity index (χ3n) is 5.61. The number of hydrogen-bond acceptors (Lipinski definition) is 4. The van der Waals surface area contributed by atoms with Gasteiger partial charge in [-0.2, -0.15) is 0 Å². The third kappa shape index (κ3) is 3.96. The number of allylic oxidation sites excluding steroid dienone is 2. The molecule has 4 aromatic rings. The normalized spacial score (nSPS) is 14.0. The molecular weight excluding hydrogens is 435 g/mol. The van der Waals surface area contributed by atoms with Crippen LogP contribution in [0.1, 0.15) is 16.8 Å². The molecule has 0 aliphatic carbocycles. The second-order valence-corrected chi connectivity index (χ2v) is 7.76. The lowest BCUT2D eigenvalue weighted by atomic mass is 9.98. The van der Waals surface area contributed by atoms with Crippen molar-refractivity contribution < 1.29 is 13.4 Å². The Labute approximate surface area is 195 Å². The summed E-state index contributed by atoms with van der Waals surface area (Å²) in [6, 6.07) is 18.3. The first kappa shape index (κ1) is 21.6. The molecule has 0 saturated heterocycles. The van der Waals surface area contributed by atoms with E-state index in [1.165, 1.54) is 4.68 Å². The van der Waals surface area contributed by atoms with Crippen molar-refractivity contribution >= 4 is 19.2 Å². The number of nitrogens with zero attached hydrogens (tertiary/aromatic N) is 5. The maximum atomic E-state index is 14.5. The Bertz CT molecular complexity index is 1400. The second kappa shape index (κ2) is 8.94. The molecule has 2 aromatic heterocycles. The quantitative estimate of drug-likeness (QED) is 0.375. The van der Waals surface area contributed by atoms with Crippen LogP contribution in [0.15, 0.2) is 89.7 Å². The number of aryl methyl sites for hydroxylation is 1. The van der Waals surface area contributed by atoms with Crippen molar-refractivity contribution in [1.82, 2.24) is 19.5 Å². The summed E-state index contributed by atoms with van der Waals surface area (Å²) in [6.07, 6.45) is 6.89. The van der Waals surface area contributed by atoms with Crippen molar-refractivity contribution in [2.75, 3.05) is 7.11 Å². The van der Waals surface area contributed by atoms with Gasteiger partial charge >= 0.3 is 7.40 Å². The number of halogens is 2. The summed E-state index contributed by atoms with van der Waals surface area (Å²) in [5, 5.41) is 8.31. The molecule has 168 valence electrons. The first-order chi connectivity index (χ1) is 16.5.